The predicted molar refractivity (Wildman–Crippen MR) is 63.5 cm³/mol. The molecule has 3 unspecified atom stereocenters. The third-order valence-electron chi connectivity index (χ3n) is 3.54. The van der Waals surface area contributed by atoms with Crippen LogP contribution in [0.5, 0.6) is 0 Å². The molecule has 0 heterocycles. The van der Waals surface area contributed by atoms with E-state index in [2.05, 4.69) is 6.92 Å². The van der Waals surface area contributed by atoms with E-state index in [1.807, 2.05) is 6.92 Å². The largest absolute Gasteiger partial charge is 0.329 e. The molecule has 0 aliphatic heterocycles. The molecule has 0 spiro atoms. The smallest absolute Gasteiger partial charge is 0.157 e. The number of sulfone groups is 1. The highest BCUT2D eigenvalue weighted by atomic mass is 32.2. The molecule has 4 heteroatoms. The number of rotatable bonds is 4. The molecule has 0 aromatic rings. The number of nitrogens with two attached hydrogens (primary N) is 1. The summed E-state index contributed by atoms with van der Waals surface area (Å²) in [7, 11) is -2.98. The maximum absolute atomic E-state index is 12.2. The molecule has 2 N–H and O–H groups in total. The predicted octanol–water partition coefficient (Wildman–Crippen LogP) is 1.72. The van der Waals surface area contributed by atoms with Crippen molar-refractivity contribution in [3.63, 3.8) is 0 Å². The van der Waals surface area contributed by atoms with Crippen molar-refractivity contribution in [2.24, 2.45) is 11.7 Å². The van der Waals surface area contributed by atoms with E-state index >= 15 is 0 Å². The van der Waals surface area contributed by atoms with Crippen molar-refractivity contribution < 1.29 is 8.42 Å². The molecule has 0 radical (unpaired) electrons. The van der Waals surface area contributed by atoms with Crippen LogP contribution in [0.2, 0.25) is 0 Å². The van der Waals surface area contributed by atoms with Gasteiger partial charge in [0.25, 0.3) is 0 Å². The lowest BCUT2D eigenvalue weighted by Gasteiger charge is -2.29. The van der Waals surface area contributed by atoms with Gasteiger partial charge in [-0.1, -0.05) is 26.7 Å². The van der Waals surface area contributed by atoms with Crippen LogP contribution in [0, 0.1) is 5.92 Å². The van der Waals surface area contributed by atoms with Crippen LogP contribution in [0.3, 0.4) is 0 Å². The van der Waals surface area contributed by atoms with E-state index < -0.39 is 9.84 Å². The Balaban J connectivity index is 2.75. The van der Waals surface area contributed by atoms with Crippen LogP contribution in [-0.2, 0) is 9.84 Å². The SMILES string of the molecule is CCC(CN)S(=O)(=O)C1CCCC(C)C1. The maximum Gasteiger partial charge on any atom is 0.157 e. The molecule has 1 rings (SSSR count). The fraction of sp³-hybridized carbons (Fsp3) is 1.00. The van der Waals surface area contributed by atoms with Gasteiger partial charge in [0.2, 0.25) is 0 Å². The van der Waals surface area contributed by atoms with Gasteiger partial charge in [-0.2, -0.15) is 0 Å². The summed E-state index contributed by atoms with van der Waals surface area (Å²) in [6, 6.07) is 0. The fourth-order valence-corrected chi connectivity index (χ4v) is 4.85. The van der Waals surface area contributed by atoms with Crippen molar-refractivity contribution >= 4 is 9.84 Å². The molecule has 90 valence electrons. The first kappa shape index (κ1) is 13.0. The highest BCUT2D eigenvalue weighted by molar-refractivity contribution is 7.92. The van der Waals surface area contributed by atoms with Crippen LogP contribution >= 0.6 is 0 Å². The van der Waals surface area contributed by atoms with Gasteiger partial charge >= 0.3 is 0 Å². The average molecular weight is 233 g/mol. The van der Waals surface area contributed by atoms with Gasteiger partial charge in [-0.15, -0.1) is 0 Å². The fourth-order valence-electron chi connectivity index (χ4n) is 2.48. The molecule has 1 aliphatic rings. The van der Waals surface area contributed by atoms with E-state index in [-0.39, 0.29) is 17.0 Å². The normalized spacial score (nSPS) is 30.1. The second-order valence-corrected chi connectivity index (χ2v) is 7.26. The van der Waals surface area contributed by atoms with E-state index in [4.69, 9.17) is 5.73 Å². The average Bonchev–Trinajstić information content (AvgIpc) is 2.19. The first-order valence-corrected chi connectivity index (χ1v) is 7.56. The van der Waals surface area contributed by atoms with E-state index in [0.29, 0.717) is 12.3 Å². The second kappa shape index (κ2) is 5.30. The Hall–Kier alpha value is -0.0900. The minimum absolute atomic E-state index is 0.130. The van der Waals surface area contributed by atoms with Crippen molar-refractivity contribution in [2.45, 2.75) is 56.5 Å². The summed E-state index contributed by atoms with van der Waals surface area (Å²) in [4.78, 5) is 0. The zero-order chi connectivity index (χ0) is 11.5. The molecule has 0 amide bonds. The molecule has 1 fully saturated rings. The minimum Gasteiger partial charge on any atom is -0.329 e. The van der Waals surface area contributed by atoms with Gasteiger partial charge in [0.15, 0.2) is 9.84 Å². The van der Waals surface area contributed by atoms with Gasteiger partial charge < -0.3 is 5.73 Å². The van der Waals surface area contributed by atoms with Gasteiger partial charge in [-0.05, 0) is 25.2 Å². The topological polar surface area (TPSA) is 60.2 Å². The van der Waals surface area contributed by atoms with Gasteiger partial charge in [-0.3, -0.25) is 0 Å². The van der Waals surface area contributed by atoms with Crippen LogP contribution in [-0.4, -0.2) is 25.5 Å². The van der Waals surface area contributed by atoms with E-state index in [9.17, 15) is 8.42 Å². The third-order valence-corrected chi connectivity index (χ3v) is 6.35. The Morgan fingerprint density at radius 2 is 2.07 bits per heavy atom. The monoisotopic (exact) mass is 233 g/mol. The molecule has 0 aromatic carbocycles. The quantitative estimate of drug-likeness (QED) is 0.804. The Morgan fingerprint density at radius 1 is 1.40 bits per heavy atom. The molecule has 0 aromatic heterocycles. The zero-order valence-electron chi connectivity index (χ0n) is 9.78. The van der Waals surface area contributed by atoms with Crippen LogP contribution in [0.15, 0.2) is 0 Å². The van der Waals surface area contributed by atoms with Crippen molar-refractivity contribution in [3.05, 3.63) is 0 Å². The Morgan fingerprint density at radius 3 is 2.53 bits per heavy atom. The molecule has 0 bridgehead atoms. The lowest BCUT2D eigenvalue weighted by atomic mass is 9.91. The summed E-state index contributed by atoms with van der Waals surface area (Å²) < 4.78 is 24.4. The molecule has 15 heavy (non-hydrogen) atoms. The summed E-state index contributed by atoms with van der Waals surface area (Å²) in [6.07, 6.45) is 4.53. The highest BCUT2D eigenvalue weighted by Gasteiger charge is 2.34. The minimum atomic E-state index is -2.98. The summed E-state index contributed by atoms with van der Waals surface area (Å²) in [5.41, 5.74) is 5.53. The molecule has 1 aliphatic carbocycles. The van der Waals surface area contributed by atoms with Gasteiger partial charge in [0.05, 0.1) is 10.5 Å². The molecule has 0 saturated heterocycles. The molecular formula is C11H23NO2S. The first-order chi connectivity index (χ1) is 7.02. The molecule has 3 atom stereocenters. The lowest BCUT2D eigenvalue weighted by Crippen LogP contribution is -2.38. The van der Waals surface area contributed by atoms with Gasteiger partial charge in [0.1, 0.15) is 0 Å². The van der Waals surface area contributed by atoms with Crippen LogP contribution in [0.4, 0.5) is 0 Å². The zero-order valence-corrected chi connectivity index (χ0v) is 10.6. The second-order valence-electron chi connectivity index (χ2n) is 4.75. The van der Waals surface area contributed by atoms with Crippen molar-refractivity contribution in [1.29, 1.82) is 0 Å². The third kappa shape index (κ3) is 2.94. The van der Waals surface area contributed by atoms with Crippen molar-refractivity contribution in [3.8, 4) is 0 Å². The summed E-state index contributed by atoms with van der Waals surface area (Å²) in [5, 5.41) is -0.456. The van der Waals surface area contributed by atoms with Crippen LogP contribution in [0.25, 0.3) is 0 Å². The summed E-state index contributed by atoms with van der Waals surface area (Å²) in [6.45, 7) is 4.32. The standard InChI is InChI=1S/C11H23NO2S/c1-3-10(8-12)15(13,14)11-6-4-5-9(2)7-11/h9-11H,3-8,12H2,1-2H3. The number of hydrogen-bond donors (Lipinski definition) is 1. The first-order valence-electron chi connectivity index (χ1n) is 5.95. The lowest BCUT2D eigenvalue weighted by molar-refractivity contribution is 0.379. The Kier molecular flexibility index (Phi) is 4.59. The molecule has 3 nitrogen and oxygen atoms in total. The van der Waals surface area contributed by atoms with Crippen molar-refractivity contribution in [1.82, 2.24) is 0 Å². The molecular weight excluding hydrogens is 210 g/mol. The molecule has 1 saturated carbocycles. The van der Waals surface area contributed by atoms with Crippen molar-refractivity contribution in [2.75, 3.05) is 6.54 Å². The van der Waals surface area contributed by atoms with Crippen LogP contribution in [0.1, 0.15) is 46.0 Å². The van der Waals surface area contributed by atoms with E-state index in [0.717, 1.165) is 19.3 Å². The summed E-state index contributed by atoms with van der Waals surface area (Å²) in [5.74, 6) is 0.550. The number of hydrogen-bond acceptors (Lipinski definition) is 3. The highest BCUT2D eigenvalue weighted by Crippen LogP contribution is 2.30. The van der Waals surface area contributed by atoms with E-state index in [1.54, 1.807) is 0 Å². The van der Waals surface area contributed by atoms with Crippen LogP contribution < -0.4 is 5.73 Å². The Bertz CT molecular complexity index is 283. The van der Waals surface area contributed by atoms with Gasteiger partial charge in [-0.25, -0.2) is 8.42 Å². The van der Waals surface area contributed by atoms with Gasteiger partial charge in [0, 0.05) is 6.54 Å². The maximum atomic E-state index is 12.2. The Labute approximate surface area is 93.3 Å². The van der Waals surface area contributed by atoms with E-state index in [1.165, 1.54) is 6.42 Å². The summed E-state index contributed by atoms with van der Waals surface area (Å²) >= 11 is 0.